The second kappa shape index (κ2) is 9.22. The van der Waals surface area contributed by atoms with Gasteiger partial charge in [-0.1, -0.05) is 24.3 Å². The number of benzene rings is 2. The Hall–Kier alpha value is -3.99. The Morgan fingerprint density at radius 2 is 1.84 bits per heavy atom. The minimum Gasteiger partial charge on any atom is -0.493 e. The normalized spacial score (nSPS) is 10.8. The summed E-state index contributed by atoms with van der Waals surface area (Å²) in [5.41, 5.74) is -2.20. The van der Waals surface area contributed by atoms with E-state index in [1.54, 1.807) is 35.3 Å². The summed E-state index contributed by atoms with van der Waals surface area (Å²) in [6.45, 7) is 0. The van der Waals surface area contributed by atoms with Crippen molar-refractivity contribution in [3.63, 3.8) is 0 Å². The molecule has 31 heavy (non-hydrogen) atoms. The van der Waals surface area contributed by atoms with Crippen molar-refractivity contribution in [3.8, 4) is 11.5 Å². The highest BCUT2D eigenvalue weighted by Crippen LogP contribution is 2.30. The van der Waals surface area contributed by atoms with Crippen LogP contribution in [0, 0.1) is 10.1 Å². The number of hydrogen-bond acceptors (Lipinski definition) is 7. The van der Waals surface area contributed by atoms with E-state index < -0.39 is 27.8 Å². The second-order valence-corrected chi connectivity index (χ2v) is 6.89. The number of aromatic amines is 2. The summed E-state index contributed by atoms with van der Waals surface area (Å²) in [5.74, 6) is -0.196. The third-order valence-electron chi connectivity index (χ3n) is 4.05. The number of rotatable bonds is 6. The predicted molar refractivity (Wildman–Crippen MR) is 115 cm³/mol. The molecule has 11 heteroatoms. The Balaban J connectivity index is 1.90. The Bertz CT molecular complexity index is 1310. The number of H-pyrrole nitrogens is 2. The molecule has 0 amide bonds. The lowest BCUT2D eigenvalue weighted by Crippen LogP contribution is -2.25. The van der Waals surface area contributed by atoms with Crippen LogP contribution in [0.5, 0.6) is 11.5 Å². The van der Waals surface area contributed by atoms with Gasteiger partial charge < -0.3 is 14.5 Å². The number of aromatic nitrogens is 2. The fraction of sp³-hybridized carbons (Fsp3) is 0.0500. The SMILES string of the molecule is COc1cc(/C=C/c2[nH]c(=O)[nH]c(=O)c2[N+](=O)[O-])ccc1OC(=O)c1ccccc1Br. The zero-order valence-electron chi connectivity index (χ0n) is 15.9. The third kappa shape index (κ3) is 4.95. The Labute approximate surface area is 182 Å². The number of nitro groups is 1. The highest BCUT2D eigenvalue weighted by Gasteiger charge is 2.19. The van der Waals surface area contributed by atoms with Crippen LogP contribution in [0.1, 0.15) is 21.6 Å². The van der Waals surface area contributed by atoms with Gasteiger partial charge in [-0.05, 0) is 51.8 Å². The lowest BCUT2D eigenvalue weighted by atomic mass is 10.1. The second-order valence-electron chi connectivity index (χ2n) is 6.04. The van der Waals surface area contributed by atoms with E-state index in [2.05, 4.69) is 20.9 Å². The van der Waals surface area contributed by atoms with Gasteiger partial charge in [-0.25, -0.2) is 9.59 Å². The average molecular weight is 488 g/mol. The molecule has 0 aliphatic rings. The van der Waals surface area contributed by atoms with Crippen LogP contribution in [0.25, 0.3) is 12.2 Å². The third-order valence-corrected chi connectivity index (χ3v) is 4.75. The van der Waals surface area contributed by atoms with Crippen LogP contribution in [-0.2, 0) is 0 Å². The summed E-state index contributed by atoms with van der Waals surface area (Å²) >= 11 is 3.29. The minimum atomic E-state index is -1.11. The molecule has 158 valence electrons. The number of carbonyl (C=O) groups is 1. The predicted octanol–water partition coefficient (Wildman–Crippen LogP) is 3.13. The van der Waals surface area contributed by atoms with Crippen molar-refractivity contribution in [1.29, 1.82) is 0 Å². The van der Waals surface area contributed by atoms with E-state index in [0.29, 0.717) is 15.6 Å². The Morgan fingerprint density at radius 1 is 1.10 bits per heavy atom. The molecule has 1 aromatic heterocycles. The molecule has 0 spiro atoms. The zero-order chi connectivity index (χ0) is 22.5. The van der Waals surface area contributed by atoms with Crippen molar-refractivity contribution >= 4 is 39.7 Å². The van der Waals surface area contributed by atoms with Crippen LogP contribution >= 0.6 is 15.9 Å². The standard InChI is InChI=1S/C20H14BrN3O7/c1-30-16-10-11(6-8-14-17(24(28)29)18(25)23-20(27)22-14)7-9-15(16)31-19(26)12-4-2-3-5-13(12)21/h2-10H,1H3,(H2,22,23,25,27)/b8-6+. The van der Waals surface area contributed by atoms with E-state index in [0.717, 1.165) is 0 Å². The molecule has 2 N–H and O–H groups in total. The number of hydrogen-bond donors (Lipinski definition) is 2. The number of nitrogens with one attached hydrogen (secondary N) is 2. The molecular weight excluding hydrogens is 474 g/mol. The van der Waals surface area contributed by atoms with Gasteiger partial charge in [-0.15, -0.1) is 0 Å². The van der Waals surface area contributed by atoms with Crippen LogP contribution in [-0.4, -0.2) is 28.0 Å². The molecule has 0 saturated heterocycles. The number of carbonyl (C=O) groups excluding carboxylic acids is 1. The summed E-state index contributed by atoms with van der Waals surface area (Å²) in [7, 11) is 1.39. The molecule has 0 unspecified atom stereocenters. The zero-order valence-corrected chi connectivity index (χ0v) is 17.5. The topological polar surface area (TPSA) is 144 Å². The number of esters is 1. The van der Waals surface area contributed by atoms with Gasteiger partial charge in [0.25, 0.3) is 0 Å². The van der Waals surface area contributed by atoms with Crippen LogP contribution in [0.15, 0.2) is 56.5 Å². The van der Waals surface area contributed by atoms with Crippen molar-refractivity contribution in [2.24, 2.45) is 0 Å². The lowest BCUT2D eigenvalue weighted by Gasteiger charge is -2.10. The largest absolute Gasteiger partial charge is 0.493 e. The molecule has 1 heterocycles. The molecule has 0 bridgehead atoms. The number of halogens is 1. The van der Waals surface area contributed by atoms with Gasteiger partial charge in [-0.2, -0.15) is 0 Å². The minimum absolute atomic E-state index is 0.163. The van der Waals surface area contributed by atoms with Crippen molar-refractivity contribution in [2.45, 2.75) is 0 Å². The highest BCUT2D eigenvalue weighted by atomic mass is 79.9. The van der Waals surface area contributed by atoms with Crippen molar-refractivity contribution < 1.29 is 19.2 Å². The summed E-state index contributed by atoms with van der Waals surface area (Å²) in [5, 5.41) is 11.1. The molecule has 0 fully saturated rings. The summed E-state index contributed by atoms with van der Waals surface area (Å²) in [6, 6.07) is 11.4. The molecule has 0 aliphatic heterocycles. The first-order chi connectivity index (χ1) is 14.8. The Kier molecular flexibility index (Phi) is 6.46. The van der Waals surface area contributed by atoms with E-state index in [-0.39, 0.29) is 17.2 Å². The van der Waals surface area contributed by atoms with Crippen LogP contribution in [0.4, 0.5) is 5.69 Å². The molecule has 0 atom stereocenters. The smallest absolute Gasteiger partial charge is 0.357 e. The van der Waals surface area contributed by atoms with E-state index in [9.17, 15) is 24.5 Å². The molecular formula is C20H14BrN3O7. The number of methoxy groups -OCH3 is 1. The van der Waals surface area contributed by atoms with E-state index in [4.69, 9.17) is 9.47 Å². The fourth-order valence-corrected chi connectivity index (χ4v) is 3.08. The number of nitrogens with zero attached hydrogens (tertiary/aromatic N) is 1. The van der Waals surface area contributed by atoms with Crippen LogP contribution in [0.3, 0.4) is 0 Å². The fourth-order valence-electron chi connectivity index (χ4n) is 2.63. The molecule has 2 aromatic carbocycles. The molecule has 0 radical (unpaired) electrons. The molecule has 3 aromatic rings. The van der Waals surface area contributed by atoms with E-state index in [1.807, 2.05) is 0 Å². The summed E-state index contributed by atoms with van der Waals surface area (Å²) in [6.07, 6.45) is 2.65. The van der Waals surface area contributed by atoms with Crippen LogP contribution in [0.2, 0.25) is 0 Å². The lowest BCUT2D eigenvalue weighted by molar-refractivity contribution is -0.386. The molecule has 10 nitrogen and oxygen atoms in total. The molecule has 3 rings (SSSR count). The summed E-state index contributed by atoms with van der Waals surface area (Å²) < 4.78 is 11.2. The van der Waals surface area contributed by atoms with E-state index >= 15 is 0 Å². The van der Waals surface area contributed by atoms with Gasteiger partial charge in [0, 0.05) is 4.47 Å². The van der Waals surface area contributed by atoms with Gasteiger partial charge in [0.1, 0.15) is 5.69 Å². The maximum absolute atomic E-state index is 12.4. The average Bonchev–Trinajstić information content (AvgIpc) is 2.72. The van der Waals surface area contributed by atoms with Crippen molar-refractivity contribution in [1.82, 2.24) is 9.97 Å². The number of ether oxygens (including phenoxy) is 2. The quantitative estimate of drug-likeness (QED) is 0.235. The Morgan fingerprint density at radius 3 is 2.52 bits per heavy atom. The first-order valence-corrected chi connectivity index (χ1v) is 9.43. The van der Waals surface area contributed by atoms with Crippen molar-refractivity contribution in [2.75, 3.05) is 7.11 Å². The monoisotopic (exact) mass is 487 g/mol. The summed E-state index contributed by atoms with van der Waals surface area (Å²) in [4.78, 5) is 49.8. The first-order valence-electron chi connectivity index (χ1n) is 8.64. The van der Waals surface area contributed by atoms with Gasteiger partial charge in [0.05, 0.1) is 17.6 Å². The molecule has 0 saturated carbocycles. The van der Waals surface area contributed by atoms with Crippen LogP contribution < -0.4 is 20.7 Å². The van der Waals surface area contributed by atoms with Crippen molar-refractivity contribution in [3.05, 3.63) is 94.7 Å². The first kappa shape index (κ1) is 21.7. The van der Waals surface area contributed by atoms with Gasteiger partial charge in [0.15, 0.2) is 11.5 Å². The van der Waals surface area contributed by atoms with E-state index in [1.165, 1.54) is 31.4 Å². The highest BCUT2D eigenvalue weighted by molar-refractivity contribution is 9.10. The van der Waals surface area contributed by atoms with Gasteiger partial charge >= 0.3 is 22.9 Å². The maximum atomic E-state index is 12.4. The van der Waals surface area contributed by atoms with Gasteiger partial charge in [0.2, 0.25) is 0 Å². The van der Waals surface area contributed by atoms with Gasteiger partial charge in [-0.3, -0.25) is 19.9 Å². The maximum Gasteiger partial charge on any atom is 0.357 e. The molecule has 0 aliphatic carbocycles.